The van der Waals surface area contributed by atoms with Crippen molar-refractivity contribution in [2.45, 2.75) is 46.2 Å². The third kappa shape index (κ3) is 5.57. The maximum absolute atomic E-state index is 12.7. The number of hydrogen-bond donors (Lipinski definition) is 1. The molecule has 2 aliphatic rings. The minimum Gasteiger partial charge on any atom is -0.846 e. The first-order valence-corrected chi connectivity index (χ1v) is 9.31. The van der Waals surface area contributed by atoms with E-state index in [0.29, 0.717) is 26.2 Å². The highest BCUT2D eigenvalue weighted by Crippen LogP contribution is 2.16. The second-order valence-electron chi connectivity index (χ2n) is 6.85. The van der Waals surface area contributed by atoms with Crippen LogP contribution in [0.25, 0.3) is 0 Å². The first-order valence-electron chi connectivity index (χ1n) is 8.80. The van der Waals surface area contributed by atoms with E-state index in [4.69, 9.17) is 0 Å². The molecule has 0 aliphatic carbocycles. The third-order valence-corrected chi connectivity index (χ3v) is 4.62. The number of nitrogens with zero attached hydrogens (tertiary/aromatic N) is 4. The van der Waals surface area contributed by atoms with E-state index >= 15 is 0 Å². The van der Waals surface area contributed by atoms with Crippen LogP contribution in [0.4, 0.5) is 0 Å². The summed E-state index contributed by atoms with van der Waals surface area (Å²) in [6, 6.07) is -0.381. The zero-order chi connectivity index (χ0) is 18.3. The van der Waals surface area contributed by atoms with Crippen LogP contribution in [0, 0.1) is 0 Å². The van der Waals surface area contributed by atoms with Crippen LogP contribution >= 0.6 is 9.39 Å². The summed E-state index contributed by atoms with van der Waals surface area (Å²) >= 11 is 0. The van der Waals surface area contributed by atoms with E-state index < -0.39 is 0 Å². The first-order chi connectivity index (χ1) is 11.3. The topological polar surface area (TPSA) is 74.2 Å². The van der Waals surface area contributed by atoms with Gasteiger partial charge >= 0.3 is 0 Å². The van der Waals surface area contributed by atoms with Gasteiger partial charge in [-0.05, 0) is 30.2 Å². The van der Waals surface area contributed by atoms with E-state index in [-0.39, 0.29) is 23.5 Å². The Balaban J connectivity index is 0.00000139. The lowest BCUT2D eigenvalue weighted by molar-refractivity contribution is -0.235. The second-order valence-corrected chi connectivity index (χ2v) is 7.11. The molecular weight excluding hydrogens is 325 g/mol. The lowest BCUT2D eigenvalue weighted by atomic mass is 10.0. The van der Waals surface area contributed by atoms with Gasteiger partial charge in [0.25, 0.3) is 0 Å². The van der Waals surface area contributed by atoms with Gasteiger partial charge in [0.05, 0.1) is 12.1 Å². The van der Waals surface area contributed by atoms with Crippen molar-refractivity contribution in [3.8, 4) is 0 Å². The quantitative estimate of drug-likeness (QED) is 0.397. The van der Waals surface area contributed by atoms with E-state index in [2.05, 4.69) is 45.1 Å². The zero-order valence-corrected chi connectivity index (χ0v) is 16.9. The van der Waals surface area contributed by atoms with Crippen LogP contribution in [-0.2, 0) is 4.79 Å². The highest BCUT2D eigenvalue weighted by Gasteiger charge is 2.34. The van der Waals surface area contributed by atoms with E-state index in [1.165, 1.54) is 0 Å². The first kappa shape index (κ1) is 21.1. The van der Waals surface area contributed by atoms with Gasteiger partial charge in [-0.25, -0.2) is 0 Å². The molecule has 7 nitrogen and oxygen atoms in total. The summed E-state index contributed by atoms with van der Waals surface area (Å²) in [5.74, 6) is 0.142. The Labute approximate surface area is 148 Å². The Morgan fingerprint density at radius 3 is 2.17 bits per heavy atom. The fraction of sp³-hybridized carbons (Fsp3) is 0.875. The molecule has 8 heteroatoms. The molecule has 2 saturated heterocycles. The van der Waals surface area contributed by atoms with Gasteiger partial charge in [-0.15, -0.1) is 0 Å². The van der Waals surface area contributed by atoms with E-state index in [9.17, 15) is 9.90 Å². The Bertz CT molecular complexity index is 431. The van der Waals surface area contributed by atoms with Crippen molar-refractivity contribution in [3.63, 3.8) is 0 Å². The van der Waals surface area contributed by atoms with Crippen molar-refractivity contribution >= 4 is 21.3 Å². The van der Waals surface area contributed by atoms with Crippen LogP contribution in [0.5, 0.6) is 0 Å². The standard InChI is InChI=1S/C14H28N5O2P.C2H6/c1-14(2,3)19-5-4-15-11(10-19)12(20)17-6-8-18(9-7-17)13(21)16-22;1-2/h11,15H,4-10,22H2,1-3H3,(H,16,21);1-2H3/p-1. The monoisotopic (exact) mass is 358 g/mol. The highest BCUT2D eigenvalue weighted by atomic mass is 31.0. The number of piperazine rings is 2. The molecule has 2 atom stereocenters. The number of amides is 1. The number of hydrogen-bond acceptors (Lipinski definition) is 5. The van der Waals surface area contributed by atoms with Crippen molar-refractivity contribution in [2.75, 3.05) is 45.8 Å². The number of amidine groups is 1. The van der Waals surface area contributed by atoms with Crippen molar-refractivity contribution in [3.05, 3.63) is 0 Å². The summed E-state index contributed by atoms with van der Waals surface area (Å²) in [6.07, 6.45) is 0. The largest absolute Gasteiger partial charge is 0.846 e. The van der Waals surface area contributed by atoms with Crippen LogP contribution in [0.1, 0.15) is 34.6 Å². The Morgan fingerprint density at radius 1 is 1.12 bits per heavy atom. The second kappa shape index (κ2) is 9.54. The van der Waals surface area contributed by atoms with Gasteiger partial charge in [-0.2, -0.15) is 0 Å². The van der Waals surface area contributed by atoms with Crippen LogP contribution in [0.15, 0.2) is 4.76 Å². The third-order valence-electron chi connectivity index (χ3n) is 4.39. The lowest BCUT2D eigenvalue weighted by Gasteiger charge is -2.44. The molecule has 0 radical (unpaired) electrons. The SMILES string of the molecule is CC.CC(C)(C)N1CCNC(C(=O)N2CCN(C([O-])=NP)CC2)C1. The molecule has 0 aromatic carbocycles. The Kier molecular flexibility index (Phi) is 8.40. The van der Waals surface area contributed by atoms with Crippen LogP contribution in [-0.4, -0.2) is 84.0 Å². The fourth-order valence-corrected chi connectivity index (χ4v) is 3.11. The average molecular weight is 358 g/mol. The fourth-order valence-electron chi connectivity index (χ4n) is 2.94. The van der Waals surface area contributed by atoms with Gasteiger partial charge in [-0.1, -0.05) is 13.8 Å². The molecule has 2 fully saturated rings. The number of carbonyl (C=O) groups excluding carboxylic acids is 1. The minimum atomic E-state index is -0.230. The van der Waals surface area contributed by atoms with Gasteiger partial charge < -0.3 is 20.2 Å². The van der Waals surface area contributed by atoms with Crippen LogP contribution < -0.4 is 10.4 Å². The summed E-state index contributed by atoms with van der Waals surface area (Å²) in [5, 5.41) is 14.8. The molecule has 0 aromatic heterocycles. The predicted molar refractivity (Wildman–Crippen MR) is 99.8 cm³/mol. The highest BCUT2D eigenvalue weighted by molar-refractivity contribution is 7.15. The van der Waals surface area contributed by atoms with Crippen LogP contribution in [0.2, 0.25) is 0 Å². The molecule has 0 saturated carbocycles. The number of rotatable bonds is 1. The lowest BCUT2D eigenvalue weighted by Crippen LogP contribution is -2.63. The predicted octanol–water partition coefficient (Wildman–Crippen LogP) is -0.264. The Hall–Kier alpha value is -0.910. The summed E-state index contributed by atoms with van der Waals surface area (Å²) in [4.78, 5) is 18.6. The molecule has 2 aliphatic heterocycles. The number of nitrogens with one attached hydrogen (secondary N) is 1. The molecule has 140 valence electrons. The van der Waals surface area contributed by atoms with Crippen molar-refractivity contribution in [1.82, 2.24) is 20.0 Å². The van der Waals surface area contributed by atoms with Gasteiger partial charge in [0, 0.05) is 51.4 Å². The van der Waals surface area contributed by atoms with Gasteiger partial charge in [0.2, 0.25) is 5.91 Å². The molecule has 24 heavy (non-hydrogen) atoms. The maximum atomic E-state index is 12.7. The molecule has 2 unspecified atom stereocenters. The molecule has 0 aromatic rings. The zero-order valence-electron chi connectivity index (χ0n) is 15.7. The Morgan fingerprint density at radius 2 is 1.67 bits per heavy atom. The van der Waals surface area contributed by atoms with E-state index in [0.717, 1.165) is 19.6 Å². The number of carbonyl (C=O) groups is 1. The molecule has 1 N–H and O–H groups in total. The normalized spacial score (nSPS) is 23.6. The van der Waals surface area contributed by atoms with Crippen molar-refractivity contribution in [1.29, 1.82) is 0 Å². The molecule has 0 spiro atoms. The maximum Gasteiger partial charge on any atom is 0.241 e. The summed E-state index contributed by atoms with van der Waals surface area (Å²) in [5.41, 5.74) is 0.0754. The van der Waals surface area contributed by atoms with Crippen molar-refractivity contribution < 1.29 is 9.90 Å². The molecule has 2 heterocycles. The van der Waals surface area contributed by atoms with E-state index in [1.54, 1.807) is 4.90 Å². The smallest absolute Gasteiger partial charge is 0.241 e. The molecular formula is C16H33N5O2P-. The summed E-state index contributed by atoms with van der Waals surface area (Å²) in [6.45, 7) is 15.3. The van der Waals surface area contributed by atoms with Gasteiger partial charge in [-0.3, -0.25) is 14.5 Å². The summed E-state index contributed by atoms with van der Waals surface area (Å²) in [7, 11) is 2.09. The molecule has 2 rings (SSSR count). The minimum absolute atomic E-state index is 0.0754. The molecule has 0 bridgehead atoms. The summed E-state index contributed by atoms with van der Waals surface area (Å²) < 4.78 is 3.59. The van der Waals surface area contributed by atoms with Gasteiger partial charge in [0.1, 0.15) is 0 Å². The average Bonchev–Trinajstić information content (AvgIpc) is 2.61. The van der Waals surface area contributed by atoms with Crippen LogP contribution in [0.3, 0.4) is 0 Å². The molecule has 1 amide bonds. The van der Waals surface area contributed by atoms with Gasteiger partial charge in [0.15, 0.2) is 0 Å². The van der Waals surface area contributed by atoms with Crippen molar-refractivity contribution in [2.24, 2.45) is 4.76 Å². The van der Waals surface area contributed by atoms with E-state index in [1.807, 2.05) is 18.7 Å².